The largest absolute Gasteiger partial charge is 0.480 e. The highest BCUT2D eigenvalue weighted by atomic mass is 32.2. The maximum atomic E-state index is 10.8. The molecule has 2 N–H and O–H groups in total. The molecule has 2 unspecified atom stereocenters. The molecule has 1 aliphatic rings. The Morgan fingerprint density at radius 3 is 3.13 bits per heavy atom. The van der Waals surface area contributed by atoms with Gasteiger partial charge in [0, 0.05) is 23.7 Å². The van der Waals surface area contributed by atoms with Crippen LogP contribution in [0.1, 0.15) is 12.5 Å². The highest BCUT2D eigenvalue weighted by Gasteiger charge is 2.39. The maximum absolute atomic E-state index is 10.8. The minimum atomic E-state index is -0.796. The van der Waals surface area contributed by atoms with Gasteiger partial charge >= 0.3 is 5.97 Å². The van der Waals surface area contributed by atoms with Crippen LogP contribution in [0, 0.1) is 0 Å². The number of carboxylic acid groups (broad SMARTS) is 1. The molecule has 0 spiro atoms. The van der Waals surface area contributed by atoms with Crippen molar-refractivity contribution < 1.29 is 9.90 Å². The molecular formula is C10H12N2O2S. The van der Waals surface area contributed by atoms with E-state index < -0.39 is 12.0 Å². The fraction of sp³-hybridized carbons (Fsp3) is 0.400. The van der Waals surface area contributed by atoms with E-state index in [9.17, 15) is 4.79 Å². The SMILES string of the molecule is CC1(c2cccnc2)NC(C(=O)O)CS1. The molecule has 0 saturated carbocycles. The Balaban J connectivity index is 2.20. The standard InChI is InChI=1S/C10H12N2O2S/c1-10(7-3-2-4-11-5-7)12-8(6-15-10)9(13)14/h2-5,8,12H,6H2,1H3,(H,13,14). The maximum Gasteiger partial charge on any atom is 0.321 e. The molecule has 5 heteroatoms. The number of nitrogens with one attached hydrogen (secondary N) is 1. The Morgan fingerprint density at radius 1 is 1.80 bits per heavy atom. The number of pyridine rings is 1. The van der Waals surface area contributed by atoms with Gasteiger partial charge in [-0.05, 0) is 13.0 Å². The van der Waals surface area contributed by atoms with Gasteiger partial charge < -0.3 is 5.11 Å². The highest BCUT2D eigenvalue weighted by Crippen LogP contribution is 2.38. The summed E-state index contributed by atoms with van der Waals surface area (Å²) in [4.78, 5) is 14.5. The molecule has 0 bridgehead atoms. The van der Waals surface area contributed by atoms with Crippen molar-refractivity contribution in [1.29, 1.82) is 0 Å². The van der Waals surface area contributed by atoms with E-state index in [1.165, 1.54) is 0 Å². The quantitative estimate of drug-likeness (QED) is 0.786. The lowest BCUT2D eigenvalue weighted by molar-refractivity contribution is -0.138. The van der Waals surface area contributed by atoms with Gasteiger partial charge in [-0.3, -0.25) is 15.1 Å². The Hall–Kier alpha value is -1.07. The minimum absolute atomic E-state index is 0.336. The molecule has 4 nitrogen and oxygen atoms in total. The molecule has 0 aromatic carbocycles. The summed E-state index contributed by atoms with van der Waals surface area (Å²) in [6.45, 7) is 1.98. The molecular weight excluding hydrogens is 212 g/mol. The summed E-state index contributed by atoms with van der Waals surface area (Å²) in [5, 5.41) is 12.0. The number of hydrogen-bond acceptors (Lipinski definition) is 4. The van der Waals surface area contributed by atoms with Crippen LogP contribution in [0.2, 0.25) is 0 Å². The first-order valence-corrected chi connectivity index (χ1v) is 5.65. The van der Waals surface area contributed by atoms with Crippen LogP contribution in [-0.4, -0.2) is 27.9 Å². The Kier molecular flexibility index (Phi) is 2.67. The Labute approximate surface area is 92.1 Å². The number of nitrogens with zero attached hydrogens (tertiary/aromatic N) is 1. The van der Waals surface area contributed by atoms with Gasteiger partial charge in [0.15, 0.2) is 0 Å². The second-order valence-electron chi connectivity index (χ2n) is 3.62. The van der Waals surface area contributed by atoms with Gasteiger partial charge in [0.2, 0.25) is 0 Å². The van der Waals surface area contributed by atoms with Crippen LogP contribution >= 0.6 is 11.8 Å². The molecule has 1 aliphatic heterocycles. The van der Waals surface area contributed by atoms with Crippen LogP contribution in [-0.2, 0) is 9.67 Å². The number of hydrogen-bond donors (Lipinski definition) is 2. The molecule has 1 aromatic rings. The first-order valence-electron chi connectivity index (χ1n) is 4.67. The van der Waals surface area contributed by atoms with Crippen molar-refractivity contribution in [3.8, 4) is 0 Å². The lowest BCUT2D eigenvalue weighted by Crippen LogP contribution is -2.41. The summed E-state index contributed by atoms with van der Waals surface area (Å²) >= 11 is 1.60. The molecule has 0 aliphatic carbocycles. The first kappa shape index (κ1) is 10.4. The van der Waals surface area contributed by atoms with Gasteiger partial charge in [-0.25, -0.2) is 0 Å². The fourth-order valence-electron chi connectivity index (χ4n) is 1.61. The molecule has 2 heterocycles. The van der Waals surface area contributed by atoms with Crippen molar-refractivity contribution in [3.05, 3.63) is 30.1 Å². The van der Waals surface area contributed by atoms with Crippen molar-refractivity contribution in [3.63, 3.8) is 0 Å². The van der Waals surface area contributed by atoms with Gasteiger partial charge in [0.1, 0.15) is 6.04 Å². The lowest BCUT2D eigenvalue weighted by atomic mass is 10.1. The third-order valence-corrected chi connectivity index (χ3v) is 3.93. The predicted molar refractivity (Wildman–Crippen MR) is 58.6 cm³/mol. The van der Waals surface area contributed by atoms with E-state index in [1.54, 1.807) is 24.2 Å². The number of thioether (sulfide) groups is 1. The van der Waals surface area contributed by atoms with E-state index in [0.717, 1.165) is 5.56 Å². The van der Waals surface area contributed by atoms with Gasteiger partial charge in [-0.15, -0.1) is 11.8 Å². The molecule has 0 radical (unpaired) electrons. The lowest BCUT2D eigenvalue weighted by Gasteiger charge is -2.24. The molecule has 1 fully saturated rings. The number of carbonyl (C=O) groups is 1. The summed E-state index contributed by atoms with van der Waals surface area (Å²) in [7, 11) is 0. The second-order valence-corrected chi connectivity index (χ2v) is 5.06. The van der Waals surface area contributed by atoms with Gasteiger partial charge in [-0.1, -0.05) is 6.07 Å². The summed E-state index contributed by atoms with van der Waals surface area (Å²) in [6, 6.07) is 3.34. The second kappa shape index (κ2) is 3.83. The zero-order valence-corrected chi connectivity index (χ0v) is 9.12. The van der Waals surface area contributed by atoms with Crippen molar-refractivity contribution >= 4 is 17.7 Å². The van der Waals surface area contributed by atoms with Gasteiger partial charge in [0.25, 0.3) is 0 Å². The van der Waals surface area contributed by atoms with E-state index in [4.69, 9.17) is 5.11 Å². The molecule has 15 heavy (non-hydrogen) atoms. The van der Waals surface area contributed by atoms with E-state index in [0.29, 0.717) is 5.75 Å². The zero-order valence-electron chi connectivity index (χ0n) is 8.30. The normalized spacial score (nSPS) is 30.3. The van der Waals surface area contributed by atoms with Crippen LogP contribution in [0.4, 0.5) is 0 Å². The summed E-state index contributed by atoms with van der Waals surface area (Å²) in [5.74, 6) is -0.212. The van der Waals surface area contributed by atoms with Crippen molar-refractivity contribution in [2.24, 2.45) is 0 Å². The molecule has 80 valence electrons. The smallest absolute Gasteiger partial charge is 0.321 e. The molecule has 0 amide bonds. The summed E-state index contributed by atoms with van der Waals surface area (Å²) in [6.07, 6.45) is 3.48. The molecule has 1 aromatic heterocycles. The van der Waals surface area contributed by atoms with E-state index in [1.807, 2.05) is 19.1 Å². The summed E-state index contributed by atoms with van der Waals surface area (Å²) in [5.41, 5.74) is 1.01. The van der Waals surface area contributed by atoms with Crippen molar-refractivity contribution in [1.82, 2.24) is 10.3 Å². The van der Waals surface area contributed by atoms with Gasteiger partial charge in [0.05, 0.1) is 4.87 Å². The van der Waals surface area contributed by atoms with Crippen LogP contribution in [0.15, 0.2) is 24.5 Å². The van der Waals surface area contributed by atoms with Crippen molar-refractivity contribution in [2.75, 3.05) is 5.75 Å². The highest BCUT2D eigenvalue weighted by molar-refractivity contribution is 8.00. The number of carboxylic acids is 1. The monoisotopic (exact) mass is 224 g/mol. The van der Waals surface area contributed by atoms with E-state index in [2.05, 4.69) is 10.3 Å². The fourth-order valence-corrected chi connectivity index (χ4v) is 2.85. The van der Waals surface area contributed by atoms with E-state index >= 15 is 0 Å². The van der Waals surface area contributed by atoms with Crippen LogP contribution in [0.25, 0.3) is 0 Å². The van der Waals surface area contributed by atoms with Crippen LogP contribution in [0.3, 0.4) is 0 Å². The third kappa shape index (κ3) is 1.98. The van der Waals surface area contributed by atoms with Crippen LogP contribution in [0.5, 0.6) is 0 Å². The Bertz CT molecular complexity index is 371. The summed E-state index contributed by atoms with van der Waals surface area (Å²) < 4.78 is 0. The minimum Gasteiger partial charge on any atom is -0.480 e. The predicted octanol–water partition coefficient (Wildman–Crippen LogP) is 1.04. The zero-order chi connectivity index (χ0) is 10.9. The average molecular weight is 224 g/mol. The number of aromatic nitrogens is 1. The number of aliphatic carboxylic acids is 1. The molecule has 2 atom stereocenters. The topological polar surface area (TPSA) is 62.2 Å². The molecule has 2 rings (SSSR count). The van der Waals surface area contributed by atoms with Crippen LogP contribution < -0.4 is 5.32 Å². The third-order valence-electron chi connectivity index (χ3n) is 2.50. The number of rotatable bonds is 2. The average Bonchev–Trinajstić information content (AvgIpc) is 2.64. The van der Waals surface area contributed by atoms with Crippen molar-refractivity contribution in [2.45, 2.75) is 17.8 Å². The first-order chi connectivity index (χ1) is 7.12. The van der Waals surface area contributed by atoms with Gasteiger partial charge in [-0.2, -0.15) is 0 Å². The van der Waals surface area contributed by atoms with E-state index in [-0.39, 0.29) is 4.87 Å². The molecule has 1 saturated heterocycles. The Morgan fingerprint density at radius 2 is 2.60 bits per heavy atom.